The molecule has 3 rings (SSSR count). The van der Waals surface area contributed by atoms with Crippen LogP contribution in [0.5, 0.6) is 0 Å². The number of amides is 1. The smallest absolute Gasteiger partial charge is 0.234 e. The van der Waals surface area contributed by atoms with Crippen LogP contribution in [0.1, 0.15) is 44.4 Å². The number of carbonyl (C=O) groups excluding carboxylic acids is 1. The van der Waals surface area contributed by atoms with Crippen LogP contribution in [0.4, 0.5) is 0 Å². The lowest BCUT2D eigenvalue weighted by Crippen LogP contribution is -2.52. The molecule has 0 radical (unpaired) electrons. The van der Waals surface area contributed by atoms with E-state index in [-0.39, 0.29) is 17.5 Å². The Hall–Kier alpha value is -2.17. The molecule has 4 nitrogen and oxygen atoms in total. The number of nitrogens with zero attached hydrogens (tertiary/aromatic N) is 2. The molecule has 1 fully saturated rings. The van der Waals surface area contributed by atoms with Gasteiger partial charge in [0, 0.05) is 31.7 Å². The predicted molar refractivity (Wildman–Crippen MR) is 115 cm³/mol. The molecule has 1 aliphatic rings. The summed E-state index contributed by atoms with van der Waals surface area (Å²) >= 11 is 0. The largest absolute Gasteiger partial charge is 0.350 e. The highest BCUT2D eigenvalue weighted by Crippen LogP contribution is 2.29. The second kappa shape index (κ2) is 9.35. The topological polar surface area (TPSA) is 35.6 Å². The minimum Gasteiger partial charge on any atom is -0.350 e. The van der Waals surface area contributed by atoms with Crippen molar-refractivity contribution < 1.29 is 4.79 Å². The van der Waals surface area contributed by atoms with Gasteiger partial charge in [0.15, 0.2) is 0 Å². The summed E-state index contributed by atoms with van der Waals surface area (Å²) in [4.78, 5) is 17.2. The molecule has 0 aromatic heterocycles. The molecule has 28 heavy (non-hydrogen) atoms. The molecule has 0 unspecified atom stereocenters. The highest BCUT2D eigenvalue weighted by Gasteiger charge is 2.27. The average Bonchev–Trinajstić information content (AvgIpc) is 2.71. The second-order valence-electron chi connectivity index (χ2n) is 8.32. The summed E-state index contributed by atoms with van der Waals surface area (Å²) in [6.07, 6.45) is 0.933. The number of rotatable bonds is 7. The third kappa shape index (κ3) is 5.43. The van der Waals surface area contributed by atoms with Crippen molar-refractivity contribution >= 4 is 5.91 Å². The maximum atomic E-state index is 12.4. The lowest BCUT2D eigenvalue weighted by atomic mass is 9.96. The Labute approximate surface area is 169 Å². The molecular formula is C24H33N3O. The van der Waals surface area contributed by atoms with Gasteiger partial charge in [-0.2, -0.15) is 0 Å². The maximum absolute atomic E-state index is 12.4. The van der Waals surface area contributed by atoms with Crippen molar-refractivity contribution in [3.63, 3.8) is 0 Å². The van der Waals surface area contributed by atoms with Crippen molar-refractivity contribution in [3.05, 3.63) is 71.8 Å². The van der Waals surface area contributed by atoms with Gasteiger partial charge >= 0.3 is 0 Å². The molecule has 0 saturated carbocycles. The summed E-state index contributed by atoms with van der Waals surface area (Å²) in [6, 6.07) is 21.7. The summed E-state index contributed by atoms with van der Waals surface area (Å²) in [6.45, 7) is 10.5. The van der Waals surface area contributed by atoms with E-state index in [0.717, 1.165) is 32.6 Å². The summed E-state index contributed by atoms with van der Waals surface area (Å²) in [5, 5.41) is 3.14. The lowest BCUT2D eigenvalue weighted by Gasteiger charge is -2.40. The van der Waals surface area contributed by atoms with Gasteiger partial charge in [0.2, 0.25) is 5.91 Å². The van der Waals surface area contributed by atoms with E-state index in [2.05, 4.69) is 96.6 Å². The highest BCUT2D eigenvalue weighted by molar-refractivity contribution is 5.78. The van der Waals surface area contributed by atoms with Gasteiger partial charge in [0.1, 0.15) is 0 Å². The molecule has 150 valence electrons. The van der Waals surface area contributed by atoms with Crippen molar-refractivity contribution in [2.45, 2.75) is 38.8 Å². The molecule has 2 aromatic rings. The van der Waals surface area contributed by atoms with E-state index in [0.29, 0.717) is 6.54 Å². The SMILES string of the molecule is CCC(C)(C)NC(=O)CN1CCN(C(c2ccccc2)c2ccccc2)CC1. The fourth-order valence-electron chi connectivity index (χ4n) is 3.77. The van der Waals surface area contributed by atoms with Crippen LogP contribution in [-0.2, 0) is 4.79 Å². The molecule has 1 amide bonds. The van der Waals surface area contributed by atoms with E-state index in [1.807, 2.05) is 0 Å². The van der Waals surface area contributed by atoms with Crippen LogP contribution >= 0.6 is 0 Å². The van der Waals surface area contributed by atoms with Crippen molar-refractivity contribution in [1.82, 2.24) is 15.1 Å². The molecule has 1 aliphatic heterocycles. The lowest BCUT2D eigenvalue weighted by molar-refractivity contribution is -0.124. The fraction of sp³-hybridized carbons (Fsp3) is 0.458. The van der Waals surface area contributed by atoms with Crippen LogP contribution in [-0.4, -0.2) is 54.0 Å². The zero-order chi connectivity index (χ0) is 20.0. The number of piperazine rings is 1. The maximum Gasteiger partial charge on any atom is 0.234 e. The standard InChI is InChI=1S/C24H33N3O/c1-4-24(2,3)25-22(28)19-26-15-17-27(18-16-26)23(20-11-7-5-8-12-20)21-13-9-6-10-14-21/h5-14,23H,4,15-19H2,1-3H3,(H,25,28). The van der Waals surface area contributed by atoms with Crippen LogP contribution in [0, 0.1) is 0 Å². The Morgan fingerprint density at radius 2 is 1.43 bits per heavy atom. The van der Waals surface area contributed by atoms with Gasteiger partial charge in [-0.3, -0.25) is 14.6 Å². The number of nitrogens with one attached hydrogen (secondary N) is 1. The highest BCUT2D eigenvalue weighted by atomic mass is 16.2. The van der Waals surface area contributed by atoms with Gasteiger partial charge in [0.25, 0.3) is 0 Å². The van der Waals surface area contributed by atoms with Crippen molar-refractivity contribution in [2.75, 3.05) is 32.7 Å². The zero-order valence-electron chi connectivity index (χ0n) is 17.4. The molecule has 1 heterocycles. The van der Waals surface area contributed by atoms with Crippen LogP contribution in [0.2, 0.25) is 0 Å². The molecule has 2 aromatic carbocycles. The van der Waals surface area contributed by atoms with Crippen molar-refractivity contribution in [3.8, 4) is 0 Å². The zero-order valence-corrected chi connectivity index (χ0v) is 17.4. The third-order valence-electron chi connectivity index (χ3n) is 5.73. The van der Waals surface area contributed by atoms with Crippen LogP contribution in [0.15, 0.2) is 60.7 Å². The Kier molecular flexibility index (Phi) is 6.87. The van der Waals surface area contributed by atoms with Crippen LogP contribution in [0.3, 0.4) is 0 Å². The third-order valence-corrected chi connectivity index (χ3v) is 5.73. The number of hydrogen-bond donors (Lipinski definition) is 1. The first-order valence-corrected chi connectivity index (χ1v) is 10.4. The molecule has 0 atom stereocenters. The summed E-state index contributed by atoms with van der Waals surface area (Å²) in [7, 11) is 0. The molecule has 1 saturated heterocycles. The number of hydrogen-bond acceptors (Lipinski definition) is 3. The minimum atomic E-state index is -0.134. The summed E-state index contributed by atoms with van der Waals surface area (Å²) in [5.41, 5.74) is 2.51. The molecule has 0 spiro atoms. The predicted octanol–water partition coefficient (Wildman–Crippen LogP) is 3.70. The van der Waals surface area contributed by atoms with E-state index in [1.165, 1.54) is 11.1 Å². The van der Waals surface area contributed by atoms with Gasteiger partial charge in [0.05, 0.1) is 12.6 Å². The Morgan fingerprint density at radius 1 is 0.929 bits per heavy atom. The summed E-state index contributed by atoms with van der Waals surface area (Å²) < 4.78 is 0. The first-order valence-electron chi connectivity index (χ1n) is 10.4. The van der Waals surface area contributed by atoms with Crippen LogP contribution in [0.25, 0.3) is 0 Å². The average molecular weight is 380 g/mol. The van der Waals surface area contributed by atoms with Gasteiger partial charge in [-0.15, -0.1) is 0 Å². The Bertz CT molecular complexity index is 697. The van der Waals surface area contributed by atoms with E-state index >= 15 is 0 Å². The normalized spacial score (nSPS) is 16.3. The van der Waals surface area contributed by atoms with E-state index in [9.17, 15) is 4.79 Å². The molecule has 4 heteroatoms. The van der Waals surface area contributed by atoms with Gasteiger partial charge in [-0.05, 0) is 31.4 Å². The fourth-order valence-corrected chi connectivity index (χ4v) is 3.77. The minimum absolute atomic E-state index is 0.128. The Balaban J connectivity index is 1.64. The number of benzene rings is 2. The van der Waals surface area contributed by atoms with Crippen LogP contribution < -0.4 is 5.32 Å². The monoisotopic (exact) mass is 379 g/mol. The molecule has 0 aliphatic carbocycles. The summed E-state index contributed by atoms with van der Waals surface area (Å²) in [5.74, 6) is 0.128. The quantitative estimate of drug-likeness (QED) is 0.797. The molecule has 0 bridgehead atoms. The number of carbonyl (C=O) groups is 1. The first-order chi connectivity index (χ1) is 13.5. The molecular weight excluding hydrogens is 346 g/mol. The molecule has 1 N–H and O–H groups in total. The Morgan fingerprint density at radius 3 is 1.89 bits per heavy atom. The second-order valence-corrected chi connectivity index (χ2v) is 8.32. The van der Waals surface area contributed by atoms with E-state index in [4.69, 9.17) is 0 Å². The first kappa shape index (κ1) is 20.6. The van der Waals surface area contributed by atoms with Gasteiger partial charge in [-0.1, -0.05) is 67.6 Å². The van der Waals surface area contributed by atoms with Gasteiger partial charge < -0.3 is 5.32 Å². The van der Waals surface area contributed by atoms with Gasteiger partial charge in [-0.25, -0.2) is 0 Å². The van der Waals surface area contributed by atoms with E-state index in [1.54, 1.807) is 0 Å². The van der Waals surface area contributed by atoms with E-state index < -0.39 is 0 Å². The van der Waals surface area contributed by atoms with Crippen molar-refractivity contribution in [2.24, 2.45) is 0 Å². The van der Waals surface area contributed by atoms with Crippen molar-refractivity contribution in [1.29, 1.82) is 0 Å².